The minimum Gasteiger partial charge on any atom is -0.484 e. The number of aromatic nitrogens is 3. The van der Waals surface area contributed by atoms with E-state index in [0.717, 1.165) is 5.56 Å². The minimum atomic E-state index is -4.47. The molecule has 12 heteroatoms. The molecule has 1 heterocycles. The second-order valence-corrected chi connectivity index (χ2v) is 7.91. The number of hydrogen-bond donors (Lipinski definition) is 2. The number of ether oxygens (including phenoxy) is 2. The normalized spacial score (nSPS) is 11.1. The maximum Gasteiger partial charge on any atom is 0.422 e. The molecule has 0 aliphatic rings. The molecule has 196 valence electrons. The van der Waals surface area contributed by atoms with Crippen molar-refractivity contribution < 1.29 is 31.8 Å². The predicted molar refractivity (Wildman–Crippen MR) is 132 cm³/mol. The Kier molecular flexibility index (Phi) is 8.00. The SMILES string of the molecule is COC(=O)c1ccc(-c2nc(NCc3ccc(F)cc3)nc(Nc3cccc(OCC(F)(F)F)c3)n2)cc1. The summed E-state index contributed by atoms with van der Waals surface area (Å²) in [6, 6.07) is 18.2. The van der Waals surface area contributed by atoms with Gasteiger partial charge in [0.2, 0.25) is 11.9 Å². The van der Waals surface area contributed by atoms with Crippen LogP contribution in [0.3, 0.4) is 0 Å². The number of halogens is 4. The number of hydrogen-bond acceptors (Lipinski definition) is 8. The third-order valence-electron chi connectivity index (χ3n) is 5.06. The summed E-state index contributed by atoms with van der Waals surface area (Å²) in [6.07, 6.45) is -4.47. The molecule has 4 rings (SSSR count). The summed E-state index contributed by atoms with van der Waals surface area (Å²) < 4.78 is 60.3. The van der Waals surface area contributed by atoms with Gasteiger partial charge in [-0.05, 0) is 42.0 Å². The van der Waals surface area contributed by atoms with Crippen LogP contribution >= 0.6 is 0 Å². The second kappa shape index (κ2) is 11.5. The molecule has 0 radical (unpaired) electrons. The summed E-state index contributed by atoms with van der Waals surface area (Å²) in [5.41, 5.74) is 2.07. The molecule has 0 spiro atoms. The lowest BCUT2D eigenvalue weighted by molar-refractivity contribution is -0.153. The van der Waals surface area contributed by atoms with Crippen molar-refractivity contribution in [2.75, 3.05) is 24.4 Å². The van der Waals surface area contributed by atoms with E-state index in [1.165, 1.54) is 37.4 Å². The molecule has 38 heavy (non-hydrogen) atoms. The lowest BCUT2D eigenvalue weighted by Gasteiger charge is -2.12. The fourth-order valence-corrected chi connectivity index (χ4v) is 3.25. The largest absolute Gasteiger partial charge is 0.484 e. The molecule has 0 fully saturated rings. The number of esters is 1. The van der Waals surface area contributed by atoms with Gasteiger partial charge < -0.3 is 20.1 Å². The monoisotopic (exact) mass is 527 g/mol. The summed E-state index contributed by atoms with van der Waals surface area (Å²) in [5.74, 6) is -0.312. The van der Waals surface area contributed by atoms with Gasteiger partial charge >= 0.3 is 12.1 Å². The van der Waals surface area contributed by atoms with Gasteiger partial charge in [0.25, 0.3) is 0 Å². The van der Waals surface area contributed by atoms with Gasteiger partial charge in [-0.2, -0.15) is 28.1 Å². The zero-order valence-corrected chi connectivity index (χ0v) is 19.9. The highest BCUT2D eigenvalue weighted by molar-refractivity contribution is 5.89. The summed E-state index contributed by atoms with van der Waals surface area (Å²) in [4.78, 5) is 25.0. The lowest BCUT2D eigenvalue weighted by Crippen LogP contribution is -2.19. The Morgan fingerprint density at radius 2 is 1.63 bits per heavy atom. The van der Waals surface area contributed by atoms with Crippen molar-refractivity contribution in [3.8, 4) is 17.1 Å². The Hall–Kier alpha value is -4.74. The van der Waals surface area contributed by atoms with Gasteiger partial charge in [-0.1, -0.05) is 30.3 Å². The quantitative estimate of drug-likeness (QED) is 0.209. The van der Waals surface area contributed by atoms with E-state index in [0.29, 0.717) is 16.8 Å². The zero-order chi connectivity index (χ0) is 27.1. The van der Waals surface area contributed by atoms with Crippen LogP contribution < -0.4 is 15.4 Å². The fraction of sp³-hybridized carbons (Fsp3) is 0.154. The van der Waals surface area contributed by atoms with Crippen LogP contribution in [0.2, 0.25) is 0 Å². The fourth-order valence-electron chi connectivity index (χ4n) is 3.25. The van der Waals surface area contributed by atoms with Crippen LogP contribution in [0.15, 0.2) is 72.8 Å². The topological polar surface area (TPSA) is 98.3 Å². The maximum atomic E-state index is 13.2. The van der Waals surface area contributed by atoms with Crippen LogP contribution in [0.1, 0.15) is 15.9 Å². The van der Waals surface area contributed by atoms with Gasteiger partial charge in [0.1, 0.15) is 11.6 Å². The molecule has 1 aromatic heterocycles. The minimum absolute atomic E-state index is 0.00895. The maximum absolute atomic E-state index is 13.2. The number of nitrogens with zero attached hydrogens (tertiary/aromatic N) is 3. The third-order valence-corrected chi connectivity index (χ3v) is 5.06. The van der Waals surface area contributed by atoms with E-state index in [2.05, 4.69) is 25.6 Å². The van der Waals surface area contributed by atoms with Crippen molar-refractivity contribution in [1.82, 2.24) is 15.0 Å². The number of methoxy groups -OCH3 is 1. The molecule has 0 amide bonds. The van der Waals surface area contributed by atoms with E-state index in [1.54, 1.807) is 42.5 Å². The van der Waals surface area contributed by atoms with Crippen molar-refractivity contribution in [3.63, 3.8) is 0 Å². The van der Waals surface area contributed by atoms with Crippen molar-refractivity contribution in [1.29, 1.82) is 0 Å². The third kappa shape index (κ3) is 7.38. The van der Waals surface area contributed by atoms with E-state index in [1.807, 2.05) is 0 Å². The molecule has 0 saturated heterocycles. The standard InChI is InChI=1S/C26H21F4N5O3/c1-37-23(36)18-9-7-17(8-10-18)22-33-24(31-14-16-5-11-19(27)12-6-16)35-25(34-22)32-20-3-2-4-21(13-20)38-15-26(28,29)30/h2-13H,14-15H2,1H3,(H2,31,32,33,34,35). The summed E-state index contributed by atoms with van der Waals surface area (Å²) in [5, 5.41) is 6.00. The smallest absolute Gasteiger partial charge is 0.422 e. The molecule has 0 aliphatic carbocycles. The van der Waals surface area contributed by atoms with Gasteiger partial charge in [-0.25, -0.2) is 9.18 Å². The highest BCUT2D eigenvalue weighted by Crippen LogP contribution is 2.25. The van der Waals surface area contributed by atoms with Crippen LogP contribution in [0, 0.1) is 5.82 Å². The molecule has 0 atom stereocenters. The number of rotatable bonds is 9. The van der Waals surface area contributed by atoms with E-state index < -0.39 is 18.8 Å². The van der Waals surface area contributed by atoms with Gasteiger partial charge in [-0.15, -0.1) is 0 Å². The first-order valence-corrected chi connectivity index (χ1v) is 11.2. The van der Waals surface area contributed by atoms with Crippen LogP contribution in [-0.4, -0.2) is 40.8 Å². The first kappa shape index (κ1) is 26.3. The highest BCUT2D eigenvalue weighted by atomic mass is 19.4. The number of carbonyl (C=O) groups is 1. The van der Waals surface area contributed by atoms with Crippen LogP contribution in [0.4, 0.5) is 35.1 Å². The van der Waals surface area contributed by atoms with Crippen molar-refractivity contribution in [3.05, 3.63) is 89.7 Å². The summed E-state index contributed by atoms with van der Waals surface area (Å²) in [6.45, 7) is -1.14. The van der Waals surface area contributed by atoms with Crippen LogP contribution in [0.25, 0.3) is 11.4 Å². The molecule has 0 unspecified atom stereocenters. The lowest BCUT2D eigenvalue weighted by atomic mass is 10.1. The van der Waals surface area contributed by atoms with Gasteiger partial charge in [0, 0.05) is 23.9 Å². The van der Waals surface area contributed by atoms with Crippen molar-refractivity contribution in [2.24, 2.45) is 0 Å². The number of nitrogens with one attached hydrogen (secondary N) is 2. The number of carbonyl (C=O) groups excluding carboxylic acids is 1. The van der Waals surface area contributed by atoms with E-state index in [9.17, 15) is 22.4 Å². The molecule has 3 aromatic carbocycles. The molecule has 0 bridgehead atoms. The Balaban J connectivity index is 1.61. The van der Waals surface area contributed by atoms with Gasteiger partial charge in [-0.3, -0.25) is 0 Å². The molecule has 8 nitrogen and oxygen atoms in total. The second-order valence-electron chi connectivity index (χ2n) is 7.91. The van der Waals surface area contributed by atoms with Gasteiger partial charge in [0.05, 0.1) is 12.7 Å². The zero-order valence-electron chi connectivity index (χ0n) is 19.9. The van der Waals surface area contributed by atoms with Crippen molar-refractivity contribution in [2.45, 2.75) is 12.7 Å². The average Bonchev–Trinajstić information content (AvgIpc) is 2.91. The Bertz CT molecular complexity index is 1400. The van der Waals surface area contributed by atoms with Gasteiger partial charge in [0.15, 0.2) is 12.4 Å². The first-order valence-electron chi connectivity index (χ1n) is 11.2. The number of alkyl halides is 3. The van der Waals surface area contributed by atoms with E-state index in [-0.39, 0.29) is 35.8 Å². The van der Waals surface area contributed by atoms with Crippen LogP contribution in [-0.2, 0) is 11.3 Å². The molecule has 0 saturated carbocycles. The predicted octanol–water partition coefficient (Wildman–Crippen LogP) is 5.76. The Labute approximate surface area is 214 Å². The summed E-state index contributed by atoms with van der Waals surface area (Å²) >= 11 is 0. The van der Waals surface area contributed by atoms with E-state index >= 15 is 0 Å². The van der Waals surface area contributed by atoms with Crippen molar-refractivity contribution >= 4 is 23.6 Å². The first-order chi connectivity index (χ1) is 18.2. The summed E-state index contributed by atoms with van der Waals surface area (Å²) in [7, 11) is 1.28. The molecular formula is C26H21F4N5O3. The molecular weight excluding hydrogens is 506 g/mol. The van der Waals surface area contributed by atoms with E-state index in [4.69, 9.17) is 9.47 Å². The Morgan fingerprint density at radius 3 is 2.32 bits per heavy atom. The highest BCUT2D eigenvalue weighted by Gasteiger charge is 2.28. The molecule has 0 aliphatic heterocycles. The van der Waals surface area contributed by atoms with Crippen LogP contribution in [0.5, 0.6) is 5.75 Å². The number of benzene rings is 3. The molecule has 4 aromatic rings. The number of anilines is 3. The Morgan fingerprint density at radius 1 is 0.921 bits per heavy atom. The average molecular weight is 527 g/mol. The molecule has 2 N–H and O–H groups in total.